The van der Waals surface area contributed by atoms with Crippen LogP contribution in [0, 0.1) is 13.8 Å². The molecule has 1 saturated heterocycles. The molecular weight excluding hydrogens is 402 g/mol. The van der Waals surface area contributed by atoms with Crippen molar-refractivity contribution in [3.05, 3.63) is 47.9 Å². The van der Waals surface area contributed by atoms with E-state index in [2.05, 4.69) is 51.1 Å². The minimum Gasteiger partial charge on any atom is -0.493 e. The van der Waals surface area contributed by atoms with Crippen LogP contribution >= 0.6 is 0 Å². The molecule has 1 aliphatic heterocycles. The van der Waals surface area contributed by atoms with Crippen molar-refractivity contribution in [1.29, 1.82) is 0 Å². The van der Waals surface area contributed by atoms with Gasteiger partial charge in [0, 0.05) is 40.3 Å². The van der Waals surface area contributed by atoms with E-state index in [4.69, 9.17) is 9.47 Å². The van der Waals surface area contributed by atoms with Gasteiger partial charge in [-0.15, -0.1) is 0 Å². The third kappa shape index (κ3) is 3.84. The lowest BCUT2D eigenvalue weighted by atomic mass is 10.1. The highest BCUT2D eigenvalue weighted by Crippen LogP contribution is 2.36. The quantitative estimate of drug-likeness (QED) is 0.431. The monoisotopic (exact) mass is 431 g/mol. The number of benzene rings is 2. The summed E-state index contributed by atoms with van der Waals surface area (Å²) in [6.07, 6.45) is 4.14. The Hall–Kier alpha value is -3.32. The Labute approximate surface area is 187 Å². The SMILES string of the molecule is COc1cc2c(Nc3cccc4[nH]c(C)c(C)c34)ncnc2cc1OCCN1CCCC1. The number of nitrogens with one attached hydrogen (secondary N) is 2. The van der Waals surface area contributed by atoms with Crippen LogP contribution in [-0.2, 0) is 0 Å². The maximum absolute atomic E-state index is 6.08. The van der Waals surface area contributed by atoms with Crippen LogP contribution in [0.5, 0.6) is 11.5 Å². The van der Waals surface area contributed by atoms with E-state index in [0.29, 0.717) is 18.1 Å². The summed E-state index contributed by atoms with van der Waals surface area (Å²) in [5, 5.41) is 5.58. The molecule has 32 heavy (non-hydrogen) atoms. The van der Waals surface area contributed by atoms with Gasteiger partial charge in [-0.1, -0.05) is 6.07 Å². The maximum Gasteiger partial charge on any atom is 0.163 e. The molecule has 0 bridgehead atoms. The molecule has 2 N–H and O–H groups in total. The van der Waals surface area contributed by atoms with Gasteiger partial charge in [0.15, 0.2) is 11.5 Å². The fourth-order valence-electron chi connectivity index (χ4n) is 4.50. The largest absolute Gasteiger partial charge is 0.493 e. The lowest BCUT2D eigenvalue weighted by Gasteiger charge is -2.17. The normalized spacial score (nSPS) is 14.3. The Morgan fingerprint density at radius 1 is 1.09 bits per heavy atom. The molecule has 7 heteroatoms. The van der Waals surface area contributed by atoms with Crippen molar-refractivity contribution < 1.29 is 9.47 Å². The van der Waals surface area contributed by atoms with E-state index in [-0.39, 0.29) is 0 Å². The first-order chi connectivity index (χ1) is 15.6. The van der Waals surface area contributed by atoms with Gasteiger partial charge in [-0.2, -0.15) is 0 Å². The number of aromatic amines is 1. The lowest BCUT2D eigenvalue weighted by molar-refractivity contribution is 0.230. The number of anilines is 2. The molecule has 0 unspecified atom stereocenters. The molecule has 0 amide bonds. The highest BCUT2D eigenvalue weighted by atomic mass is 16.5. The molecule has 7 nitrogen and oxygen atoms in total. The summed E-state index contributed by atoms with van der Waals surface area (Å²) in [6, 6.07) is 10.1. The third-order valence-corrected chi connectivity index (χ3v) is 6.36. The number of hydrogen-bond donors (Lipinski definition) is 2. The van der Waals surface area contributed by atoms with Crippen molar-refractivity contribution in [2.75, 3.05) is 38.7 Å². The average Bonchev–Trinajstić information content (AvgIpc) is 3.42. The summed E-state index contributed by atoms with van der Waals surface area (Å²) >= 11 is 0. The van der Waals surface area contributed by atoms with Crippen LogP contribution < -0.4 is 14.8 Å². The lowest BCUT2D eigenvalue weighted by Crippen LogP contribution is -2.25. The molecule has 0 aliphatic carbocycles. The first-order valence-electron chi connectivity index (χ1n) is 11.2. The van der Waals surface area contributed by atoms with E-state index >= 15 is 0 Å². The number of aryl methyl sites for hydroxylation is 2. The third-order valence-electron chi connectivity index (χ3n) is 6.36. The van der Waals surface area contributed by atoms with Crippen molar-refractivity contribution in [1.82, 2.24) is 19.9 Å². The highest BCUT2D eigenvalue weighted by Gasteiger charge is 2.15. The van der Waals surface area contributed by atoms with Crippen molar-refractivity contribution in [2.24, 2.45) is 0 Å². The van der Waals surface area contributed by atoms with Gasteiger partial charge in [0.05, 0.1) is 12.6 Å². The van der Waals surface area contributed by atoms with E-state index in [9.17, 15) is 0 Å². The molecule has 0 saturated carbocycles. The van der Waals surface area contributed by atoms with Crippen molar-refractivity contribution >= 4 is 33.3 Å². The molecule has 3 heterocycles. The van der Waals surface area contributed by atoms with Gasteiger partial charge in [0.2, 0.25) is 0 Å². The van der Waals surface area contributed by atoms with Crippen LogP contribution in [-0.4, -0.2) is 53.2 Å². The number of ether oxygens (including phenoxy) is 2. The first kappa shape index (κ1) is 20.6. The predicted molar refractivity (Wildman–Crippen MR) is 128 cm³/mol. The van der Waals surface area contributed by atoms with E-state index in [1.165, 1.54) is 29.5 Å². The second kappa shape index (κ2) is 8.67. The molecule has 4 aromatic rings. The van der Waals surface area contributed by atoms with E-state index in [1.807, 2.05) is 18.2 Å². The van der Waals surface area contributed by atoms with Gasteiger partial charge < -0.3 is 19.8 Å². The van der Waals surface area contributed by atoms with Gasteiger partial charge in [-0.05, 0) is 63.5 Å². The van der Waals surface area contributed by atoms with Gasteiger partial charge >= 0.3 is 0 Å². The van der Waals surface area contributed by atoms with E-state index in [1.54, 1.807) is 13.4 Å². The number of hydrogen-bond acceptors (Lipinski definition) is 6. The Morgan fingerprint density at radius 3 is 2.75 bits per heavy atom. The Kier molecular flexibility index (Phi) is 5.57. The summed E-state index contributed by atoms with van der Waals surface area (Å²) in [4.78, 5) is 14.9. The summed E-state index contributed by atoms with van der Waals surface area (Å²) in [7, 11) is 1.66. The molecule has 1 aliphatic rings. The standard InChI is InChI=1S/C25H29N5O2/c1-16-17(2)28-19-7-6-8-20(24(16)19)29-25-18-13-22(31-3)23(14-21(18)26-15-27-25)32-12-11-30-9-4-5-10-30/h6-8,13-15,28H,4-5,9-12H2,1-3H3,(H,26,27,29). The molecule has 166 valence electrons. The summed E-state index contributed by atoms with van der Waals surface area (Å²) in [5.41, 5.74) is 5.32. The fourth-order valence-corrected chi connectivity index (χ4v) is 4.50. The minimum absolute atomic E-state index is 0.631. The highest BCUT2D eigenvalue weighted by molar-refractivity contribution is 6.00. The van der Waals surface area contributed by atoms with Crippen molar-refractivity contribution in [3.63, 3.8) is 0 Å². The summed E-state index contributed by atoms with van der Waals surface area (Å²) in [5.74, 6) is 2.13. The Balaban J connectivity index is 1.46. The molecule has 0 radical (unpaired) electrons. The number of rotatable bonds is 7. The van der Waals surface area contributed by atoms with E-state index in [0.717, 1.165) is 47.6 Å². The second-order valence-corrected chi connectivity index (χ2v) is 8.37. The zero-order chi connectivity index (χ0) is 22.1. The zero-order valence-electron chi connectivity index (χ0n) is 18.9. The number of nitrogens with zero attached hydrogens (tertiary/aromatic N) is 3. The Morgan fingerprint density at radius 2 is 1.94 bits per heavy atom. The molecular formula is C25H29N5O2. The molecule has 0 atom stereocenters. The topological polar surface area (TPSA) is 75.3 Å². The van der Waals surface area contributed by atoms with E-state index < -0.39 is 0 Å². The van der Waals surface area contributed by atoms with Crippen LogP contribution in [0.25, 0.3) is 21.8 Å². The molecule has 2 aromatic carbocycles. The zero-order valence-corrected chi connectivity index (χ0v) is 18.9. The minimum atomic E-state index is 0.631. The van der Waals surface area contributed by atoms with Crippen LogP contribution in [0.2, 0.25) is 0 Å². The molecule has 5 rings (SSSR count). The average molecular weight is 432 g/mol. The second-order valence-electron chi connectivity index (χ2n) is 8.37. The van der Waals surface area contributed by atoms with Gasteiger partial charge in [0.25, 0.3) is 0 Å². The number of H-pyrrole nitrogens is 1. The first-order valence-corrected chi connectivity index (χ1v) is 11.2. The number of methoxy groups -OCH3 is 1. The van der Waals surface area contributed by atoms with Gasteiger partial charge in [-0.3, -0.25) is 4.90 Å². The molecule has 0 spiro atoms. The number of fused-ring (bicyclic) bond motifs is 2. The van der Waals surface area contributed by atoms with Crippen molar-refractivity contribution in [2.45, 2.75) is 26.7 Å². The predicted octanol–water partition coefficient (Wildman–Crippen LogP) is 4.95. The number of aromatic nitrogens is 3. The summed E-state index contributed by atoms with van der Waals surface area (Å²) in [6.45, 7) is 8.10. The van der Waals surface area contributed by atoms with Crippen LogP contribution in [0.1, 0.15) is 24.1 Å². The molecule has 1 fully saturated rings. The van der Waals surface area contributed by atoms with Crippen LogP contribution in [0.3, 0.4) is 0 Å². The van der Waals surface area contributed by atoms with Gasteiger partial charge in [0.1, 0.15) is 18.8 Å². The van der Waals surface area contributed by atoms with Crippen LogP contribution in [0.4, 0.5) is 11.5 Å². The summed E-state index contributed by atoms with van der Waals surface area (Å²) < 4.78 is 11.7. The van der Waals surface area contributed by atoms with Gasteiger partial charge in [-0.25, -0.2) is 9.97 Å². The maximum atomic E-state index is 6.08. The smallest absolute Gasteiger partial charge is 0.163 e. The number of likely N-dealkylation sites (tertiary alicyclic amines) is 1. The fraction of sp³-hybridized carbons (Fsp3) is 0.360. The van der Waals surface area contributed by atoms with Crippen molar-refractivity contribution in [3.8, 4) is 11.5 Å². The van der Waals surface area contributed by atoms with Crippen LogP contribution in [0.15, 0.2) is 36.7 Å². The Bertz CT molecular complexity index is 1260. The molecule has 2 aromatic heterocycles.